The third-order valence-corrected chi connectivity index (χ3v) is 4.00. The van der Waals surface area contributed by atoms with E-state index in [-0.39, 0.29) is 17.9 Å². The number of allylic oxidation sites excluding steroid dienone is 3. The molecule has 1 heterocycles. The summed E-state index contributed by atoms with van der Waals surface area (Å²) in [6, 6.07) is -0.973. The van der Waals surface area contributed by atoms with Gasteiger partial charge >= 0.3 is 6.03 Å². The lowest BCUT2D eigenvalue weighted by Crippen LogP contribution is -2.38. The lowest BCUT2D eigenvalue weighted by Gasteiger charge is -2.19. The lowest BCUT2D eigenvalue weighted by atomic mass is 10.0. The number of hydrogen-bond acceptors (Lipinski definition) is 6. The first-order chi connectivity index (χ1) is 9.21. The quantitative estimate of drug-likeness (QED) is 0.439. The number of nitrogens with one attached hydrogen (secondary N) is 1. The highest BCUT2D eigenvalue weighted by Gasteiger charge is 2.45. The molecule has 1 aliphatic carbocycles. The van der Waals surface area contributed by atoms with E-state index in [1.807, 2.05) is 5.43 Å². The molecule has 108 valence electrons. The molecule has 0 radical (unpaired) electrons. The normalized spacial score (nSPS) is 24.3. The van der Waals surface area contributed by atoms with E-state index >= 15 is 0 Å². The largest absolute Gasteiger partial charge is 0.351 e. The maximum absolute atomic E-state index is 11.5. The molecular weight excluding hydrogens is 288 g/mol. The number of primary amides is 1. The molecule has 1 fully saturated rings. The molecule has 1 atom stereocenters. The van der Waals surface area contributed by atoms with E-state index < -0.39 is 21.5 Å². The minimum Gasteiger partial charge on any atom is -0.351 e. The number of carbonyl (C=O) groups is 2. The van der Waals surface area contributed by atoms with Crippen LogP contribution in [0.3, 0.4) is 0 Å². The molecule has 2 aliphatic rings. The van der Waals surface area contributed by atoms with Crippen molar-refractivity contribution in [3.63, 3.8) is 0 Å². The minimum atomic E-state index is -4.51. The molecule has 2 rings (SSSR count). The van der Waals surface area contributed by atoms with E-state index in [4.69, 9.17) is 5.73 Å². The average molecular weight is 300 g/mol. The molecule has 20 heavy (non-hydrogen) atoms. The smallest absolute Gasteiger partial charge is 0.332 e. The number of likely N-dealkylation sites (tertiary alicyclic amines) is 1. The first-order valence-corrected chi connectivity index (χ1v) is 6.99. The van der Waals surface area contributed by atoms with Gasteiger partial charge in [0.1, 0.15) is 5.71 Å². The third-order valence-electron chi connectivity index (χ3n) is 2.89. The summed E-state index contributed by atoms with van der Waals surface area (Å²) in [7, 11) is -3.12. The number of fused-ring (bicyclic) bond motifs is 1. The molecule has 0 aromatic carbocycles. The summed E-state index contributed by atoms with van der Waals surface area (Å²) in [5, 5.41) is 2.12. The first kappa shape index (κ1) is 14.2. The summed E-state index contributed by atoms with van der Waals surface area (Å²) in [5.41, 5.74) is 7.39. The number of amides is 2. The van der Waals surface area contributed by atoms with Gasteiger partial charge in [0.15, 0.2) is 5.78 Å². The van der Waals surface area contributed by atoms with Crippen molar-refractivity contribution in [2.75, 3.05) is 7.05 Å². The van der Waals surface area contributed by atoms with Crippen molar-refractivity contribution >= 4 is 27.6 Å². The topological polar surface area (TPSA) is 142 Å². The predicted octanol–water partition coefficient (Wildman–Crippen LogP) is -1.05. The van der Waals surface area contributed by atoms with Gasteiger partial charge in [-0.1, -0.05) is 6.08 Å². The number of hydrogen-bond donors (Lipinski definition) is 3. The number of urea groups is 1. The van der Waals surface area contributed by atoms with E-state index in [0.717, 1.165) is 0 Å². The second-order valence-electron chi connectivity index (χ2n) is 4.27. The van der Waals surface area contributed by atoms with Crippen molar-refractivity contribution in [3.8, 4) is 0 Å². The zero-order valence-corrected chi connectivity index (χ0v) is 11.2. The maximum Gasteiger partial charge on any atom is 0.332 e. The van der Waals surface area contributed by atoms with Crippen molar-refractivity contribution in [1.82, 2.24) is 10.3 Å². The molecule has 1 aliphatic heterocycles. The molecule has 1 saturated heterocycles. The van der Waals surface area contributed by atoms with Crippen molar-refractivity contribution in [2.24, 2.45) is 10.8 Å². The monoisotopic (exact) mass is 300 g/mol. The predicted molar refractivity (Wildman–Crippen MR) is 69.0 cm³/mol. The standard InChI is InChI=1S/C10H12N4O5S/c1-14-7-4-5(15)2-3-6(7)8(12-13-10(11)16)9(14)20(17,18)19/h3-4,9H,2H2,1H3,(H3,11,13,16)(H,17,18,19). The molecule has 2 amide bonds. The van der Waals surface area contributed by atoms with Crippen LogP contribution in [0.5, 0.6) is 0 Å². The van der Waals surface area contributed by atoms with E-state index in [9.17, 15) is 22.6 Å². The highest BCUT2D eigenvalue weighted by atomic mass is 32.2. The van der Waals surface area contributed by atoms with Gasteiger partial charge in [0.25, 0.3) is 10.1 Å². The fourth-order valence-corrected chi connectivity index (χ4v) is 3.11. The molecule has 9 nitrogen and oxygen atoms in total. The molecule has 1 unspecified atom stereocenters. The fraction of sp³-hybridized carbons (Fsp3) is 0.300. The van der Waals surface area contributed by atoms with E-state index in [2.05, 4.69) is 5.10 Å². The SMILES string of the molecule is CN1C2=CC(=O)CC=C2C(=NNC(N)=O)C1S(=O)(=O)O. The van der Waals surface area contributed by atoms with Crippen LogP contribution in [0.25, 0.3) is 0 Å². The van der Waals surface area contributed by atoms with Gasteiger partial charge in [-0.15, -0.1) is 0 Å². The summed E-state index contributed by atoms with van der Waals surface area (Å²) in [6.45, 7) is 0. The van der Waals surface area contributed by atoms with Crippen molar-refractivity contribution in [1.29, 1.82) is 0 Å². The zero-order valence-electron chi connectivity index (χ0n) is 10.4. The molecular formula is C10H12N4O5S. The van der Waals surface area contributed by atoms with E-state index in [0.29, 0.717) is 11.3 Å². The van der Waals surface area contributed by atoms with Gasteiger partial charge in [-0.2, -0.15) is 13.5 Å². The lowest BCUT2D eigenvalue weighted by molar-refractivity contribution is -0.114. The van der Waals surface area contributed by atoms with Crippen LogP contribution in [-0.2, 0) is 14.9 Å². The zero-order chi connectivity index (χ0) is 15.1. The molecule has 0 saturated carbocycles. The number of nitrogens with two attached hydrogens (primary N) is 1. The summed E-state index contributed by atoms with van der Waals surface area (Å²) in [4.78, 5) is 23.3. The number of ketones is 1. The van der Waals surface area contributed by atoms with Gasteiger partial charge in [0, 0.05) is 25.1 Å². The van der Waals surface area contributed by atoms with Crippen molar-refractivity contribution < 1.29 is 22.6 Å². The van der Waals surface area contributed by atoms with Crippen LogP contribution in [0.2, 0.25) is 0 Å². The van der Waals surface area contributed by atoms with Crippen molar-refractivity contribution in [2.45, 2.75) is 11.8 Å². The van der Waals surface area contributed by atoms with Gasteiger partial charge in [0.05, 0.1) is 5.70 Å². The number of hydrazone groups is 1. The molecule has 0 spiro atoms. The Morgan fingerprint density at radius 2 is 2.25 bits per heavy atom. The van der Waals surface area contributed by atoms with E-state index in [1.165, 1.54) is 24.1 Å². The Morgan fingerprint density at radius 1 is 1.60 bits per heavy atom. The summed E-state index contributed by atoms with van der Waals surface area (Å²) < 4.78 is 32.3. The Bertz CT molecular complexity index is 676. The minimum absolute atomic E-state index is 0.0838. The number of nitrogens with zero attached hydrogens (tertiary/aromatic N) is 2. The number of likely N-dealkylation sites (N-methyl/N-ethyl adjacent to an activating group) is 1. The van der Waals surface area contributed by atoms with Crippen LogP contribution in [0.1, 0.15) is 6.42 Å². The number of rotatable bonds is 2. The van der Waals surface area contributed by atoms with Crippen LogP contribution in [0, 0.1) is 0 Å². The van der Waals surface area contributed by atoms with Crippen LogP contribution in [0.15, 0.2) is 28.5 Å². The van der Waals surface area contributed by atoms with E-state index in [1.54, 1.807) is 0 Å². The van der Waals surface area contributed by atoms with Crippen LogP contribution >= 0.6 is 0 Å². The Kier molecular flexibility index (Phi) is 3.36. The Labute approximate surface area is 114 Å². The highest BCUT2D eigenvalue weighted by molar-refractivity contribution is 7.87. The second kappa shape index (κ2) is 4.72. The van der Waals surface area contributed by atoms with Crippen molar-refractivity contribution in [3.05, 3.63) is 23.4 Å². The maximum atomic E-state index is 11.5. The Balaban J connectivity index is 2.56. The Morgan fingerprint density at radius 3 is 2.80 bits per heavy atom. The van der Waals surface area contributed by atoms with Gasteiger partial charge in [-0.3, -0.25) is 9.35 Å². The molecule has 10 heteroatoms. The molecule has 0 aromatic rings. The molecule has 0 bridgehead atoms. The fourth-order valence-electron chi connectivity index (χ4n) is 2.14. The first-order valence-electron chi connectivity index (χ1n) is 5.49. The summed E-state index contributed by atoms with van der Waals surface area (Å²) in [5.74, 6) is -0.200. The second-order valence-corrected chi connectivity index (χ2v) is 5.75. The summed E-state index contributed by atoms with van der Waals surface area (Å²) >= 11 is 0. The molecule has 0 aromatic heterocycles. The average Bonchev–Trinajstić information content (AvgIpc) is 2.59. The van der Waals surface area contributed by atoms with Crippen LogP contribution in [0.4, 0.5) is 4.79 Å². The van der Waals surface area contributed by atoms with Gasteiger partial charge in [-0.05, 0) is 0 Å². The van der Waals surface area contributed by atoms with Crippen LogP contribution in [-0.4, -0.2) is 47.8 Å². The number of carbonyl (C=O) groups excluding carboxylic acids is 2. The highest BCUT2D eigenvalue weighted by Crippen LogP contribution is 2.34. The third kappa shape index (κ3) is 2.42. The van der Waals surface area contributed by atoms with Gasteiger partial charge in [0.2, 0.25) is 5.37 Å². The van der Waals surface area contributed by atoms with Gasteiger partial charge < -0.3 is 10.6 Å². The Hall–Kier alpha value is -2.20. The van der Waals surface area contributed by atoms with Crippen LogP contribution < -0.4 is 11.2 Å². The summed E-state index contributed by atoms with van der Waals surface area (Å²) in [6.07, 6.45) is 2.83. The van der Waals surface area contributed by atoms with Gasteiger partial charge in [-0.25, -0.2) is 10.2 Å². The molecule has 4 N–H and O–H groups in total.